The third kappa shape index (κ3) is 7.41. The zero-order valence-electron chi connectivity index (χ0n) is 22.5. The fourth-order valence-electron chi connectivity index (χ4n) is 4.57. The van der Waals surface area contributed by atoms with E-state index in [0.29, 0.717) is 36.8 Å². The number of pyridine rings is 2. The smallest absolute Gasteiger partial charge is 0.376 e. The molecule has 42 heavy (non-hydrogen) atoms. The fraction of sp³-hybridized carbons (Fsp3) is 0.152. The Morgan fingerprint density at radius 1 is 0.571 bits per heavy atom. The van der Waals surface area contributed by atoms with Gasteiger partial charge in [0.15, 0.2) is 0 Å². The minimum absolute atomic E-state index is 0.351. The van der Waals surface area contributed by atoms with Crippen LogP contribution in [0.4, 0.5) is 13.2 Å². The Bertz CT molecular complexity index is 1620. The van der Waals surface area contributed by atoms with Crippen molar-refractivity contribution in [3.05, 3.63) is 138 Å². The third-order valence-electron chi connectivity index (χ3n) is 6.75. The summed E-state index contributed by atoms with van der Waals surface area (Å²) in [6.45, 7) is 0. The SMILES string of the molecule is O=S(=O)(Oc1cc(CCc2ccc(-c3ccccn3)cc2)cc(CCc2ccc(-c3ccccn3)cc2)c1)C(F)(F)F. The van der Waals surface area contributed by atoms with Crippen LogP contribution < -0.4 is 4.18 Å². The molecule has 0 spiro atoms. The van der Waals surface area contributed by atoms with Crippen LogP contribution >= 0.6 is 0 Å². The molecule has 5 aromatic rings. The average Bonchev–Trinajstić information content (AvgIpc) is 2.99. The molecule has 0 unspecified atom stereocenters. The van der Waals surface area contributed by atoms with Crippen molar-refractivity contribution in [1.29, 1.82) is 0 Å². The monoisotopic (exact) mass is 588 g/mol. The first-order chi connectivity index (χ1) is 20.2. The molecule has 0 aliphatic heterocycles. The number of hydrogen-bond acceptors (Lipinski definition) is 5. The van der Waals surface area contributed by atoms with E-state index >= 15 is 0 Å². The number of halogens is 3. The summed E-state index contributed by atoms with van der Waals surface area (Å²) < 4.78 is 67.1. The van der Waals surface area contributed by atoms with E-state index in [-0.39, 0.29) is 5.75 Å². The zero-order valence-corrected chi connectivity index (χ0v) is 23.3. The Hall–Kier alpha value is -4.50. The van der Waals surface area contributed by atoms with Crippen LogP contribution in [0, 0.1) is 0 Å². The lowest BCUT2D eigenvalue weighted by Crippen LogP contribution is -2.28. The summed E-state index contributed by atoms with van der Waals surface area (Å²) in [4.78, 5) is 8.70. The van der Waals surface area contributed by atoms with Gasteiger partial charge in [0.1, 0.15) is 5.75 Å². The second-order valence-electron chi connectivity index (χ2n) is 9.79. The van der Waals surface area contributed by atoms with Crippen molar-refractivity contribution in [2.45, 2.75) is 31.2 Å². The molecule has 2 heterocycles. The summed E-state index contributed by atoms with van der Waals surface area (Å²) >= 11 is 0. The van der Waals surface area contributed by atoms with E-state index < -0.39 is 15.6 Å². The van der Waals surface area contributed by atoms with Crippen molar-refractivity contribution < 1.29 is 25.8 Å². The maximum Gasteiger partial charge on any atom is 0.534 e. The van der Waals surface area contributed by atoms with Crippen LogP contribution in [0.1, 0.15) is 22.3 Å². The summed E-state index contributed by atoms with van der Waals surface area (Å²) in [5.41, 5.74) is 1.56. The maximum atomic E-state index is 13.0. The van der Waals surface area contributed by atoms with Crippen molar-refractivity contribution in [3.8, 4) is 28.3 Å². The highest BCUT2D eigenvalue weighted by atomic mass is 32.2. The number of aromatic nitrogens is 2. The number of rotatable bonds is 10. The molecule has 0 atom stereocenters. The molecule has 5 rings (SSSR count). The first kappa shape index (κ1) is 29.0. The number of alkyl halides is 3. The molecule has 0 aliphatic carbocycles. The normalized spacial score (nSPS) is 11.8. The summed E-state index contributed by atoms with van der Waals surface area (Å²) in [7, 11) is -5.79. The Kier molecular flexibility index (Phi) is 8.68. The second kappa shape index (κ2) is 12.6. The number of benzene rings is 3. The standard InChI is InChI=1S/C33H27F3N2O3S/c34-33(35,36)42(39,40)41-30-22-26(9-7-24-11-15-28(16-12-24)31-5-1-3-19-37-31)21-27(23-30)10-8-25-13-17-29(18-14-25)32-6-2-4-20-38-32/h1-6,11-23H,7-10H2. The highest BCUT2D eigenvalue weighted by molar-refractivity contribution is 7.88. The second-order valence-corrected chi connectivity index (χ2v) is 11.3. The highest BCUT2D eigenvalue weighted by Gasteiger charge is 2.48. The van der Waals surface area contributed by atoms with E-state index in [4.69, 9.17) is 0 Å². The number of nitrogens with zero attached hydrogens (tertiary/aromatic N) is 2. The van der Waals surface area contributed by atoms with E-state index in [1.54, 1.807) is 12.4 Å². The van der Waals surface area contributed by atoms with Gasteiger partial charge in [0, 0.05) is 23.5 Å². The molecule has 5 nitrogen and oxygen atoms in total. The topological polar surface area (TPSA) is 69.2 Å². The van der Waals surface area contributed by atoms with Crippen LogP contribution in [0.15, 0.2) is 116 Å². The van der Waals surface area contributed by atoms with Gasteiger partial charge >= 0.3 is 15.6 Å². The van der Waals surface area contributed by atoms with Crippen LogP contribution in [0.2, 0.25) is 0 Å². The van der Waals surface area contributed by atoms with Gasteiger partial charge in [-0.1, -0.05) is 66.7 Å². The first-order valence-electron chi connectivity index (χ1n) is 13.3. The van der Waals surface area contributed by atoms with Crippen molar-refractivity contribution >= 4 is 10.1 Å². The quantitative estimate of drug-likeness (QED) is 0.124. The number of aryl methyl sites for hydroxylation is 4. The Balaban J connectivity index is 1.31. The van der Waals surface area contributed by atoms with Crippen LogP contribution in [-0.4, -0.2) is 23.9 Å². The van der Waals surface area contributed by atoms with E-state index in [0.717, 1.165) is 33.6 Å². The summed E-state index contributed by atoms with van der Waals surface area (Å²) in [6, 6.07) is 31.8. The van der Waals surface area contributed by atoms with Gasteiger partial charge in [0.05, 0.1) is 11.4 Å². The molecular formula is C33H27F3N2O3S. The fourth-order valence-corrected chi connectivity index (χ4v) is 5.01. The summed E-state index contributed by atoms with van der Waals surface area (Å²) in [5.74, 6) is -0.351. The van der Waals surface area contributed by atoms with Gasteiger partial charge in [-0.05, 0) is 84.3 Å². The molecule has 0 N–H and O–H groups in total. The molecule has 0 bridgehead atoms. The predicted octanol–water partition coefficient (Wildman–Crippen LogP) is 7.61. The molecule has 0 fully saturated rings. The molecule has 0 aliphatic rings. The van der Waals surface area contributed by atoms with Gasteiger partial charge in [-0.15, -0.1) is 0 Å². The van der Waals surface area contributed by atoms with Crippen LogP contribution in [-0.2, 0) is 35.8 Å². The Morgan fingerprint density at radius 2 is 1.00 bits per heavy atom. The van der Waals surface area contributed by atoms with Crippen molar-refractivity contribution in [1.82, 2.24) is 9.97 Å². The molecule has 0 saturated heterocycles. The van der Waals surface area contributed by atoms with E-state index in [9.17, 15) is 21.6 Å². The Morgan fingerprint density at radius 3 is 1.38 bits per heavy atom. The number of hydrogen-bond donors (Lipinski definition) is 0. The molecule has 0 radical (unpaired) electrons. The van der Waals surface area contributed by atoms with E-state index in [1.807, 2.05) is 91.0 Å². The molecule has 9 heteroatoms. The van der Waals surface area contributed by atoms with E-state index in [2.05, 4.69) is 14.2 Å². The first-order valence-corrected chi connectivity index (χ1v) is 14.7. The third-order valence-corrected chi connectivity index (χ3v) is 7.73. The van der Waals surface area contributed by atoms with Crippen molar-refractivity contribution in [3.63, 3.8) is 0 Å². The minimum Gasteiger partial charge on any atom is -0.376 e. The van der Waals surface area contributed by atoms with Gasteiger partial charge in [-0.25, -0.2) is 0 Å². The molecule has 2 aromatic heterocycles. The van der Waals surface area contributed by atoms with Crippen molar-refractivity contribution in [2.75, 3.05) is 0 Å². The van der Waals surface area contributed by atoms with Gasteiger partial charge in [0.2, 0.25) is 0 Å². The minimum atomic E-state index is -5.79. The Labute approximate surface area is 242 Å². The van der Waals surface area contributed by atoms with Gasteiger partial charge < -0.3 is 4.18 Å². The van der Waals surface area contributed by atoms with Crippen LogP contribution in [0.25, 0.3) is 22.5 Å². The largest absolute Gasteiger partial charge is 0.534 e. The molecular weight excluding hydrogens is 561 g/mol. The predicted molar refractivity (Wildman–Crippen MR) is 156 cm³/mol. The highest BCUT2D eigenvalue weighted by Crippen LogP contribution is 2.29. The maximum absolute atomic E-state index is 13.0. The lowest BCUT2D eigenvalue weighted by Gasteiger charge is -2.13. The van der Waals surface area contributed by atoms with Crippen LogP contribution in [0.3, 0.4) is 0 Å². The summed E-state index contributed by atoms with van der Waals surface area (Å²) in [6.07, 6.45) is 5.63. The average molecular weight is 589 g/mol. The van der Waals surface area contributed by atoms with Gasteiger partial charge in [-0.3, -0.25) is 9.97 Å². The van der Waals surface area contributed by atoms with Crippen molar-refractivity contribution in [2.24, 2.45) is 0 Å². The molecule has 0 saturated carbocycles. The van der Waals surface area contributed by atoms with E-state index in [1.165, 1.54) is 12.1 Å². The lowest BCUT2D eigenvalue weighted by molar-refractivity contribution is -0.0500. The van der Waals surface area contributed by atoms with Gasteiger partial charge in [0.25, 0.3) is 0 Å². The molecule has 214 valence electrons. The molecule has 0 amide bonds. The lowest BCUT2D eigenvalue weighted by atomic mass is 9.98. The van der Waals surface area contributed by atoms with Crippen LogP contribution in [0.5, 0.6) is 5.75 Å². The zero-order chi connectivity index (χ0) is 29.6. The molecule has 3 aromatic carbocycles. The summed E-state index contributed by atoms with van der Waals surface area (Å²) in [5, 5.41) is 0. The van der Waals surface area contributed by atoms with Gasteiger partial charge in [-0.2, -0.15) is 21.6 Å².